The van der Waals surface area contributed by atoms with E-state index >= 15 is 0 Å². The molecule has 0 aliphatic carbocycles. The molecule has 7 nitrogen and oxygen atoms in total. The van der Waals surface area contributed by atoms with Gasteiger partial charge in [-0.05, 0) is 29.8 Å². The van der Waals surface area contributed by atoms with Crippen molar-refractivity contribution in [3.8, 4) is 11.5 Å². The average Bonchev–Trinajstić information content (AvgIpc) is 3.14. The van der Waals surface area contributed by atoms with Crippen molar-refractivity contribution in [2.45, 2.75) is 13.0 Å². The Morgan fingerprint density at radius 1 is 1.04 bits per heavy atom. The van der Waals surface area contributed by atoms with Crippen LogP contribution < -0.4 is 4.74 Å². The van der Waals surface area contributed by atoms with Crippen molar-refractivity contribution in [1.82, 2.24) is 0 Å². The Morgan fingerprint density at radius 3 is 2.23 bits per heavy atom. The van der Waals surface area contributed by atoms with Gasteiger partial charge in [0.2, 0.25) is 0 Å². The minimum Gasteiger partial charge on any atom is -0.508 e. The zero-order valence-electron chi connectivity index (χ0n) is 14.5. The van der Waals surface area contributed by atoms with Crippen LogP contribution in [0.15, 0.2) is 36.4 Å². The summed E-state index contributed by atoms with van der Waals surface area (Å²) < 4.78 is 14.4. The third kappa shape index (κ3) is 4.52. The van der Waals surface area contributed by atoms with E-state index in [9.17, 15) is 14.7 Å². The minimum absolute atomic E-state index is 0.106. The first-order chi connectivity index (χ1) is 12.5. The van der Waals surface area contributed by atoms with E-state index in [-0.39, 0.29) is 23.9 Å². The van der Waals surface area contributed by atoms with Crippen LogP contribution in [0.4, 0.5) is 0 Å². The van der Waals surface area contributed by atoms with Crippen molar-refractivity contribution in [3.05, 3.63) is 58.7 Å². The van der Waals surface area contributed by atoms with Gasteiger partial charge in [-0.1, -0.05) is 12.1 Å². The van der Waals surface area contributed by atoms with Crippen LogP contribution in [0.5, 0.6) is 11.5 Å². The summed E-state index contributed by atoms with van der Waals surface area (Å²) in [6, 6.07) is 9.62. The van der Waals surface area contributed by atoms with E-state index in [1.54, 1.807) is 12.1 Å². The number of phenols is 1. The summed E-state index contributed by atoms with van der Waals surface area (Å²) in [6.45, 7) is 0.452. The summed E-state index contributed by atoms with van der Waals surface area (Å²) in [7, 11) is 2.63. The highest BCUT2D eigenvalue weighted by Gasteiger charge is 2.14. The SMILES string of the molecule is COC(=O)c1ccc(CO)c(O)c1.COC(=O)c1ccc2c(c1)OCC2. The molecule has 0 saturated carbocycles. The maximum atomic E-state index is 11.1. The number of esters is 2. The Morgan fingerprint density at radius 2 is 1.65 bits per heavy atom. The largest absolute Gasteiger partial charge is 0.508 e. The van der Waals surface area contributed by atoms with Crippen LogP contribution in [0.1, 0.15) is 31.8 Å². The zero-order valence-corrected chi connectivity index (χ0v) is 14.5. The van der Waals surface area contributed by atoms with Gasteiger partial charge in [0, 0.05) is 12.0 Å². The van der Waals surface area contributed by atoms with Gasteiger partial charge in [-0.25, -0.2) is 9.59 Å². The van der Waals surface area contributed by atoms with Crippen LogP contribution in [0.25, 0.3) is 0 Å². The van der Waals surface area contributed by atoms with Crippen molar-refractivity contribution in [1.29, 1.82) is 0 Å². The summed E-state index contributed by atoms with van der Waals surface area (Å²) in [5, 5.41) is 18.0. The molecule has 0 bridgehead atoms. The fourth-order valence-corrected chi connectivity index (χ4v) is 2.35. The Kier molecular flexibility index (Phi) is 6.57. The molecule has 0 fully saturated rings. The standard InChI is InChI=1S/C10H10O3.C9H10O4/c1-12-10(11)8-3-2-7-4-5-13-9(7)6-8;1-13-9(12)6-2-3-7(5-10)8(11)4-6/h2-3,6H,4-5H2,1H3;2-4,10-11H,5H2,1H3. The van der Waals surface area contributed by atoms with Crippen LogP contribution in [-0.4, -0.2) is 43.0 Å². The number of fused-ring (bicyclic) bond motifs is 1. The summed E-state index contributed by atoms with van der Waals surface area (Å²) in [5.41, 5.74) is 2.35. The highest BCUT2D eigenvalue weighted by atomic mass is 16.5. The van der Waals surface area contributed by atoms with Crippen molar-refractivity contribution in [2.24, 2.45) is 0 Å². The number of rotatable bonds is 3. The monoisotopic (exact) mass is 360 g/mol. The predicted octanol–water partition coefficient (Wildman–Crippen LogP) is 2.08. The van der Waals surface area contributed by atoms with Crippen molar-refractivity contribution in [2.75, 3.05) is 20.8 Å². The lowest BCUT2D eigenvalue weighted by atomic mass is 10.1. The van der Waals surface area contributed by atoms with Crippen molar-refractivity contribution in [3.63, 3.8) is 0 Å². The van der Waals surface area contributed by atoms with Gasteiger partial charge in [0.1, 0.15) is 11.5 Å². The lowest BCUT2D eigenvalue weighted by Gasteiger charge is -2.03. The molecule has 0 spiro atoms. The first-order valence-electron chi connectivity index (χ1n) is 7.85. The number of carbonyl (C=O) groups is 2. The summed E-state index contributed by atoms with van der Waals surface area (Å²) >= 11 is 0. The van der Waals surface area contributed by atoms with Crippen LogP contribution in [-0.2, 0) is 22.5 Å². The first kappa shape index (κ1) is 19.3. The Bertz CT molecular complexity index is 792. The summed E-state index contributed by atoms with van der Waals surface area (Å²) in [5.74, 6) is -0.133. The Balaban J connectivity index is 0.000000187. The third-order valence-corrected chi connectivity index (χ3v) is 3.79. The van der Waals surface area contributed by atoms with E-state index in [0.717, 1.165) is 17.7 Å². The summed E-state index contributed by atoms with van der Waals surface area (Å²) in [6.07, 6.45) is 0.927. The molecule has 138 valence electrons. The topological polar surface area (TPSA) is 102 Å². The molecule has 0 amide bonds. The van der Waals surface area contributed by atoms with E-state index in [2.05, 4.69) is 9.47 Å². The Hall–Kier alpha value is -3.06. The maximum Gasteiger partial charge on any atom is 0.337 e. The number of aliphatic hydroxyl groups is 1. The number of carbonyl (C=O) groups excluding carboxylic acids is 2. The lowest BCUT2D eigenvalue weighted by molar-refractivity contribution is 0.0591. The second-order valence-corrected chi connectivity index (χ2v) is 5.41. The molecule has 3 rings (SSSR count). The van der Waals surface area contributed by atoms with Crippen LogP contribution in [0.2, 0.25) is 0 Å². The molecular weight excluding hydrogens is 340 g/mol. The van der Waals surface area contributed by atoms with Gasteiger partial charge in [-0.3, -0.25) is 0 Å². The normalized spacial score (nSPS) is 11.5. The summed E-state index contributed by atoms with van der Waals surface area (Å²) in [4.78, 5) is 22.1. The molecule has 7 heteroatoms. The average molecular weight is 360 g/mol. The molecule has 0 atom stereocenters. The maximum absolute atomic E-state index is 11.1. The number of benzene rings is 2. The minimum atomic E-state index is -0.514. The Labute approximate surface area is 150 Å². The van der Waals surface area contributed by atoms with Crippen LogP contribution in [0.3, 0.4) is 0 Å². The van der Waals surface area contributed by atoms with Gasteiger partial charge in [0.25, 0.3) is 0 Å². The van der Waals surface area contributed by atoms with Gasteiger partial charge < -0.3 is 24.4 Å². The van der Waals surface area contributed by atoms with Gasteiger partial charge >= 0.3 is 11.9 Å². The molecule has 1 aliphatic heterocycles. The molecular formula is C19H20O7. The van der Waals surface area contributed by atoms with Crippen molar-refractivity contribution < 1.29 is 34.0 Å². The fourth-order valence-electron chi connectivity index (χ4n) is 2.35. The number of methoxy groups -OCH3 is 2. The molecule has 2 N–H and O–H groups in total. The lowest BCUT2D eigenvalue weighted by Crippen LogP contribution is -2.01. The number of aromatic hydroxyl groups is 1. The van der Waals surface area contributed by atoms with E-state index < -0.39 is 5.97 Å². The van der Waals surface area contributed by atoms with Crippen LogP contribution in [0, 0.1) is 0 Å². The molecule has 0 saturated heterocycles. The number of hydrogen-bond acceptors (Lipinski definition) is 7. The van der Waals surface area contributed by atoms with Gasteiger partial charge in [0.05, 0.1) is 38.6 Å². The molecule has 0 radical (unpaired) electrons. The molecule has 0 unspecified atom stereocenters. The van der Waals surface area contributed by atoms with E-state index in [1.807, 2.05) is 6.07 Å². The first-order valence-corrected chi connectivity index (χ1v) is 7.85. The molecule has 1 heterocycles. The quantitative estimate of drug-likeness (QED) is 0.808. The molecule has 2 aromatic carbocycles. The van der Waals surface area contributed by atoms with Crippen LogP contribution >= 0.6 is 0 Å². The third-order valence-electron chi connectivity index (χ3n) is 3.79. The zero-order chi connectivity index (χ0) is 19.1. The van der Waals surface area contributed by atoms with E-state index in [4.69, 9.17) is 9.84 Å². The highest BCUT2D eigenvalue weighted by Crippen LogP contribution is 2.26. The van der Waals surface area contributed by atoms with Gasteiger partial charge in [-0.2, -0.15) is 0 Å². The predicted molar refractivity (Wildman–Crippen MR) is 92.3 cm³/mol. The van der Waals surface area contributed by atoms with E-state index in [0.29, 0.717) is 17.7 Å². The molecule has 1 aliphatic rings. The van der Waals surface area contributed by atoms with Gasteiger partial charge in [-0.15, -0.1) is 0 Å². The second-order valence-electron chi connectivity index (χ2n) is 5.41. The highest BCUT2D eigenvalue weighted by molar-refractivity contribution is 5.90. The van der Waals surface area contributed by atoms with Crippen molar-refractivity contribution >= 4 is 11.9 Å². The smallest absolute Gasteiger partial charge is 0.337 e. The van der Waals surface area contributed by atoms with E-state index in [1.165, 1.54) is 32.4 Å². The fraction of sp³-hybridized carbons (Fsp3) is 0.263. The molecule has 0 aromatic heterocycles. The molecule has 26 heavy (non-hydrogen) atoms. The number of ether oxygens (including phenoxy) is 3. The van der Waals surface area contributed by atoms with Gasteiger partial charge in [0.15, 0.2) is 0 Å². The molecule has 2 aromatic rings. The number of aliphatic hydroxyl groups excluding tert-OH is 1. The number of hydrogen-bond donors (Lipinski definition) is 2. The second kappa shape index (κ2) is 8.87.